The monoisotopic (exact) mass is 244 g/mol. The Morgan fingerprint density at radius 1 is 1.17 bits per heavy atom. The molecule has 1 heterocycles. The van der Waals surface area contributed by atoms with Crippen LogP contribution in [0.25, 0.3) is 11.1 Å². The summed E-state index contributed by atoms with van der Waals surface area (Å²) >= 11 is 0. The van der Waals surface area contributed by atoms with Crippen molar-refractivity contribution in [1.29, 1.82) is 0 Å². The Morgan fingerprint density at radius 2 is 1.83 bits per heavy atom. The van der Waals surface area contributed by atoms with Crippen LogP contribution in [0.1, 0.15) is 31.5 Å². The summed E-state index contributed by atoms with van der Waals surface area (Å²) in [7, 11) is 0. The molecular weight excluding hydrogens is 224 g/mol. The van der Waals surface area contributed by atoms with E-state index in [9.17, 15) is 4.79 Å². The first-order chi connectivity index (χ1) is 8.67. The van der Waals surface area contributed by atoms with Gasteiger partial charge in [-0.25, -0.2) is 0 Å². The zero-order valence-electron chi connectivity index (χ0n) is 11.3. The number of nitrogens with zero attached hydrogens (tertiary/aromatic N) is 1. The molecule has 3 nitrogen and oxygen atoms in total. The first kappa shape index (κ1) is 12.7. The molecule has 0 aliphatic heterocycles. The highest BCUT2D eigenvalue weighted by atomic mass is 16.1. The first-order valence-corrected chi connectivity index (χ1v) is 6.56. The highest BCUT2D eigenvalue weighted by Crippen LogP contribution is 2.21. The second-order valence-electron chi connectivity index (χ2n) is 4.62. The molecule has 0 fully saturated rings. The van der Waals surface area contributed by atoms with E-state index in [2.05, 4.69) is 18.9 Å². The van der Waals surface area contributed by atoms with Gasteiger partial charge < -0.3 is 0 Å². The fraction of sp³-hybridized carbons (Fsp3) is 0.400. The van der Waals surface area contributed by atoms with Gasteiger partial charge in [0, 0.05) is 12.2 Å². The Labute approximate surface area is 107 Å². The van der Waals surface area contributed by atoms with Crippen molar-refractivity contribution >= 4 is 0 Å². The number of aromatic amines is 1. The van der Waals surface area contributed by atoms with Gasteiger partial charge >= 0.3 is 0 Å². The number of aromatic nitrogens is 2. The van der Waals surface area contributed by atoms with Crippen LogP contribution in [0.2, 0.25) is 0 Å². The summed E-state index contributed by atoms with van der Waals surface area (Å²) in [5.74, 6) is 0. The second kappa shape index (κ2) is 5.25. The van der Waals surface area contributed by atoms with Crippen molar-refractivity contribution in [3.8, 4) is 11.1 Å². The lowest BCUT2D eigenvalue weighted by molar-refractivity contribution is 0.612. The van der Waals surface area contributed by atoms with Crippen LogP contribution in [0, 0.1) is 6.92 Å². The zero-order chi connectivity index (χ0) is 13.1. The molecule has 0 saturated carbocycles. The molecule has 0 spiro atoms. The van der Waals surface area contributed by atoms with E-state index in [4.69, 9.17) is 0 Å². The maximum absolute atomic E-state index is 12.1. The largest absolute Gasteiger partial charge is 0.289 e. The van der Waals surface area contributed by atoms with Crippen molar-refractivity contribution in [3.05, 3.63) is 45.9 Å². The number of H-pyrrole nitrogens is 1. The predicted molar refractivity (Wildman–Crippen MR) is 74.9 cm³/mol. The van der Waals surface area contributed by atoms with Crippen molar-refractivity contribution in [2.24, 2.45) is 0 Å². The van der Waals surface area contributed by atoms with E-state index >= 15 is 0 Å². The normalized spacial score (nSPS) is 10.8. The fourth-order valence-corrected chi connectivity index (χ4v) is 2.30. The van der Waals surface area contributed by atoms with Crippen molar-refractivity contribution in [2.45, 2.75) is 40.2 Å². The van der Waals surface area contributed by atoms with Crippen molar-refractivity contribution < 1.29 is 0 Å². The average molecular weight is 244 g/mol. The Kier molecular flexibility index (Phi) is 3.70. The van der Waals surface area contributed by atoms with Gasteiger partial charge in [0.25, 0.3) is 5.56 Å². The number of hydrogen-bond donors (Lipinski definition) is 1. The van der Waals surface area contributed by atoms with Crippen LogP contribution >= 0.6 is 0 Å². The van der Waals surface area contributed by atoms with Crippen molar-refractivity contribution in [2.75, 3.05) is 0 Å². The van der Waals surface area contributed by atoms with Gasteiger partial charge in [0.15, 0.2) is 0 Å². The van der Waals surface area contributed by atoms with Gasteiger partial charge in [0.05, 0.1) is 5.56 Å². The van der Waals surface area contributed by atoms with Gasteiger partial charge in [-0.05, 0) is 25.8 Å². The summed E-state index contributed by atoms with van der Waals surface area (Å²) in [4.78, 5) is 12.1. The first-order valence-electron chi connectivity index (χ1n) is 6.56. The Morgan fingerprint density at radius 3 is 2.39 bits per heavy atom. The minimum absolute atomic E-state index is 0.0177. The molecule has 2 aromatic rings. The lowest BCUT2D eigenvalue weighted by Gasteiger charge is -2.07. The van der Waals surface area contributed by atoms with Crippen LogP contribution in [-0.4, -0.2) is 9.78 Å². The van der Waals surface area contributed by atoms with Gasteiger partial charge in [-0.2, -0.15) is 0 Å². The average Bonchev–Trinajstić information content (AvgIpc) is 2.68. The lowest BCUT2D eigenvalue weighted by Crippen LogP contribution is -2.05. The minimum atomic E-state index is 0.0177. The molecule has 18 heavy (non-hydrogen) atoms. The molecule has 0 atom stereocenters. The maximum Gasteiger partial charge on any atom is 0.272 e. The predicted octanol–water partition coefficient (Wildman–Crippen LogP) is 3.12. The van der Waals surface area contributed by atoms with E-state index in [1.165, 1.54) is 5.56 Å². The molecule has 0 amide bonds. The molecule has 2 rings (SSSR count). The van der Waals surface area contributed by atoms with Crippen molar-refractivity contribution in [3.63, 3.8) is 0 Å². The summed E-state index contributed by atoms with van der Waals surface area (Å²) in [6.45, 7) is 7.04. The number of benzene rings is 1. The van der Waals surface area contributed by atoms with Gasteiger partial charge in [-0.15, -0.1) is 0 Å². The lowest BCUT2D eigenvalue weighted by atomic mass is 10.0. The molecule has 3 heteroatoms. The van der Waals surface area contributed by atoms with Crippen LogP contribution in [0.4, 0.5) is 0 Å². The quantitative estimate of drug-likeness (QED) is 0.881. The third-order valence-corrected chi connectivity index (χ3v) is 3.22. The van der Waals surface area contributed by atoms with E-state index in [-0.39, 0.29) is 5.56 Å². The van der Waals surface area contributed by atoms with Crippen LogP contribution in [-0.2, 0) is 13.0 Å². The smallest absolute Gasteiger partial charge is 0.272 e. The van der Waals surface area contributed by atoms with E-state index < -0.39 is 0 Å². The van der Waals surface area contributed by atoms with E-state index in [0.29, 0.717) is 0 Å². The molecule has 1 aromatic heterocycles. The molecule has 1 aromatic carbocycles. The maximum atomic E-state index is 12.1. The Bertz CT molecular complexity index is 576. The molecule has 0 radical (unpaired) electrons. The molecule has 1 N–H and O–H groups in total. The molecule has 0 saturated heterocycles. The SMILES string of the molecule is CCCc1c(-c2ccc(C)cc2)c(=O)[nH]n1CC. The van der Waals surface area contributed by atoms with Crippen molar-refractivity contribution in [1.82, 2.24) is 9.78 Å². The zero-order valence-corrected chi connectivity index (χ0v) is 11.3. The van der Waals surface area contributed by atoms with Gasteiger partial charge in [0.1, 0.15) is 0 Å². The summed E-state index contributed by atoms with van der Waals surface area (Å²) in [6, 6.07) is 8.15. The minimum Gasteiger partial charge on any atom is -0.289 e. The number of hydrogen-bond acceptors (Lipinski definition) is 1. The summed E-state index contributed by atoms with van der Waals surface area (Å²) < 4.78 is 1.96. The van der Waals surface area contributed by atoms with E-state index in [0.717, 1.165) is 36.2 Å². The fourth-order valence-electron chi connectivity index (χ4n) is 2.30. The summed E-state index contributed by atoms with van der Waals surface area (Å²) in [5.41, 5.74) is 4.19. The molecular formula is C15H20N2O. The summed E-state index contributed by atoms with van der Waals surface area (Å²) in [6.07, 6.45) is 1.96. The molecule has 0 bridgehead atoms. The third kappa shape index (κ3) is 2.26. The third-order valence-electron chi connectivity index (χ3n) is 3.22. The number of rotatable bonds is 4. The standard InChI is InChI=1S/C15H20N2O/c1-4-6-13-14(15(18)16-17(13)5-2)12-9-7-11(3)8-10-12/h7-10H,4-6H2,1-3H3,(H,16,18). The highest BCUT2D eigenvalue weighted by Gasteiger charge is 2.14. The van der Waals surface area contributed by atoms with Crippen LogP contribution in [0.3, 0.4) is 0 Å². The van der Waals surface area contributed by atoms with Crippen LogP contribution in [0.5, 0.6) is 0 Å². The molecule has 0 aliphatic carbocycles. The van der Waals surface area contributed by atoms with Gasteiger partial charge in [-0.3, -0.25) is 14.6 Å². The summed E-state index contributed by atoms with van der Waals surface area (Å²) in [5, 5.41) is 2.92. The Hall–Kier alpha value is -1.77. The van der Waals surface area contributed by atoms with Crippen LogP contribution in [0.15, 0.2) is 29.1 Å². The second-order valence-corrected chi connectivity index (χ2v) is 4.62. The Balaban J connectivity index is 2.58. The van der Waals surface area contributed by atoms with Gasteiger partial charge in [-0.1, -0.05) is 43.2 Å². The molecule has 0 unspecified atom stereocenters. The number of nitrogens with one attached hydrogen (secondary N) is 1. The van der Waals surface area contributed by atoms with Crippen LogP contribution < -0.4 is 5.56 Å². The van der Waals surface area contributed by atoms with E-state index in [1.54, 1.807) is 0 Å². The van der Waals surface area contributed by atoms with E-state index in [1.807, 2.05) is 35.9 Å². The highest BCUT2D eigenvalue weighted by molar-refractivity contribution is 5.65. The topological polar surface area (TPSA) is 37.8 Å². The van der Waals surface area contributed by atoms with Gasteiger partial charge in [0.2, 0.25) is 0 Å². The molecule has 0 aliphatic rings. The molecule has 96 valence electrons. The number of aryl methyl sites for hydroxylation is 2.